The van der Waals surface area contributed by atoms with Gasteiger partial charge >= 0.3 is 0 Å². The smallest absolute Gasteiger partial charge is 0.286 e. The van der Waals surface area contributed by atoms with Crippen LogP contribution in [0.2, 0.25) is 0 Å². The third-order valence-corrected chi connectivity index (χ3v) is 5.77. The number of benzene rings is 2. The molecule has 0 unspecified atom stereocenters. The highest BCUT2D eigenvalue weighted by Gasteiger charge is 2.18. The summed E-state index contributed by atoms with van der Waals surface area (Å²) in [7, 11) is 0. The second-order valence-corrected chi connectivity index (χ2v) is 8.19. The number of aromatic nitrogens is 2. The number of anilines is 1. The van der Waals surface area contributed by atoms with Crippen LogP contribution in [0.15, 0.2) is 48.5 Å². The van der Waals surface area contributed by atoms with E-state index >= 15 is 0 Å². The molecule has 7 nitrogen and oxygen atoms in total. The number of piperidine rings is 1. The average molecular weight is 441 g/mol. The Kier molecular flexibility index (Phi) is 6.51. The molecule has 1 aromatic heterocycles. The van der Waals surface area contributed by atoms with Crippen molar-refractivity contribution in [3.8, 4) is 5.75 Å². The number of amides is 2. The molecule has 2 amide bonds. The van der Waals surface area contributed by atoms with Crippen LogP contribution in [0.4, 0.5) is 10.1 Å². The molecule has 0 saturated carbocycles. The number of carbonyl (C=O) groups is 2. The summed E-state index contributed by atoms with van der Waals surface area (Å²) in [5, 5.41) is 11.2. The Morgan fingerprint density at radius 1 is 1.00 bits per heavy atom. The summed E-state index contributed by atoms with van der Waals surface area (Å²) in [6, 6.07) is 12.5. The molecule has 1 saturated heterocycles. The summed E-state index contributed by atoms with van der Waals surface area (Å²) >= 11 is 1.12. The fourth-order valence-corrected chi connectivity index (χ4v) is 3.89. The predicted molar refractivity (Wildman–Crippen MR) is 115 cm³/mol. The summed E-state index contributed by atoms with van der Waals surface area (Å²) in [4.78, 5) is 26.6. The molecule has 0 spiro atoms. The van der Waals surface area contributed by atoms with Gasteiger partial charge in [0.05, 0.1) is 0 Å². The maximum Gasteiger partial charge on any atom is 0.286 e. The normalized spacial score (nSPS) is 13.6. The fourth-order valence-electron chi connectivity index (χ4n) is 3.24. The SMILES string of the molecule is O=C(Nc1ccc(F)cc1)c1nnc(COc2ccc(C(=O)N3CCCCC3)cc2)s1. The third kappa shape index (κ3) is 5.43. The van der Waals surface area contributed by atoms with Crippen LogP contribution in [-0.4, -0.2) is 40.0 Å². The zero-order chi connectivity index (χ0) is 21.6. The first-order valence-electron chi connectivity index (χ1n) is 10.00. The summed E-state index contributed by atoms with van der Waals surface area (Å²) in [6.07, 6.45) is 3.29. The van der Waals surface area contributed by atoms with Crippen molar-refractivity contribution in [2.75, 3.05) is 18.4 Å². The van der Waals surface area contributed by atoms with E-state index < -0.39 is 5.91 Å². The molecule has 3 aromatic rings. The number of nitrogens with zero attached hydrogens (tertiary/aromatic N) is 3. The van der Waals surface area contributed by atoms with E-state index in [4.69, 9.17) is 4.74 Å². The zero-order valence-corrected chi connectivity index (χ0v) is 17.5. The quantitative estimate of drug-likeness (QED) is 0.623. The van der Waals surface area contributed by atoms with Gasteiger partial charge < -0.3 is 15.0 Å². The first kappa shape index (κ1) is 20.9. The summed E-state index contributed by atoms with van der Waals surface area (Å²) in [5.41, 5.74) is 1.11. The molecule has 1 aliphatic rings. The van der Waals surface area contributed by atoms with Crippen LogP contribution in [-0.2, 0) is 6.61 Å². The van der Waals surface area contributed by atoms with Gasteiger partial charge in [-0.25, -0.2) is 4.39 Å². The number of halogens is 1. The molecule has 2 heterocycles. The molecule has 0 aliphatic carbocycles. The molecular weight excluding hydrogens is 419 g/mol. The number of likely N-dealkylation sites (tertiary alicyclic amines) is 1. The van der Waals surface area contributed by atoms with Crippen LogP contribution in [0, 0.1) is 5.82 Å². The molecule has 31 heavy (non-hydrogen) atoms. The molecule has 2 aromatic carbocycles. The van der Waals surface area contributed by atoms with E-state index in [-0.39, 0.29) is 23.3 Å². The topological polar surface area (TPSA) is 84.4 Å². The second-order valence-electron chi connectivity index (χ2n) is 7.13. The van der Waals surface area contributed by atoms with Gasteiger partial charge in [0, 0.05) is 24.3 Å². The van der Waals surface area contributed by atoms with Crippen molar-refractivity contribution in [2.24, 2.45) is 0 Å². The predicted octanol–water partition coefficient (Wildman–Crippen LogP) is 4.13. The van der Waals surface area contributed by atoms with Crippen LogP contribution in [0.3, 0.4) is 0 Å². The van der Waals surface area contributed by atoms with Gasteiger partial charge in [-0.1, -0.05) is 11.3 Å². The highest BCUT2D eigenvalue weighted by atomic mass is 32.1. The molecule has 1 N–H and O–H groups in total. The summed E-state index contributed by atoms with van der Waals surface area (Å²) in [5.74, 6) is -0.150. The average Bonchev–Trinajstić information content (AvgIpc) is 3.29. The van der Waals surface area contributed by atoms with Crippen molar-refractivity contribution in [2.45, 2.75) is 25.9 Å². The van der Waals surface area contributed by atoms with Crippen LogP contribution in [0.5, 0.6) is 5.75 Å². The standard InChI is InChI=1S/C22H21FN4O3S/c23-16-6-8-17(9-7-16)24-20(28)21-26-25-19(31-21)14-30-18-10-4-15(5-11-18)22(29)27-12-2-1-3-13-27/h4-11H,1-3,12-14H2,(H,24,28). The molecule has 4 rings (SSSR count). The first-order chi connectivity index (χ1) is 15.1. The minimum Gasteiger partial charge on any atom is -0.486 e. The van der Waals surface area contributed by atoms with Gasteiger partial charge in [-0.2, -0.15) is 0 Å². The Labute approximate surface area is 182 Å². The monoisotopic (exact) mass is 440 g/mol. The van der Waals surface area contributed by atoms with E-state index in [1.165, 1.54) is 30.7 Å². The Hall–Kier alpha value is -3.33. The number of carbonyl (C=O) groups excluding carboxylic acids is 2. The van der Waals surface area contributed by atoms with Crippen molar-refractivity contribution in [1.29, 1.82) is 0 Å². The Morgan fingerprint density at radius 2 is 1.71 bits per heavy atom. The number of nitrogens with one attached hydrogen (secondary N) is 1. The largest absolute Gasteiger partial charge is 0.486 e. The van der Waals surface area contributed by atoms with Gasteiger partial charge in [0.25, 0.3) is 11.8 Å². The lowest BCUT2D eigenvalue weighted by Gasteiger charge is -2.26. The molecule has 1 fully saturated rings. The minimum absolute atomic E-state index is 0.0483. The van der Waals surface area contributed by atoms with Crippen LogP contribution < -0.4 is 10.1 Å². The van der Waals surface area contributed by atoms with Crippen LogP contribution >= 0.6 is 11.3 Å². The summed E-state index contributed by atoms with van der Waals surface area (Å²) in [6.45, 7) is 1.78. The maximum absolute atomic E-state index is 13.0. The molecule has 9 heteroatoms. The lowest BCUT2D eigenvalue weighted by molar-refractivity contribution is 0.0724. The lowest BCUT2D eigenvalue weighted by atomic mass is 10.1. The van der Waals surface area contributed by atoms with Crippen molar-refractivity contribution in [1.82, 2.24) is 15.1 Å². The number of hydrogen-bond donors (Lipinski definition) is 1. The number of ether oxygens (including phenoxy) is 1. The molecule has 0 atom stereocenters. The van der Waals surface area contributed by atoms with Crippen molar-refractivity contribution in [3.63, 3.8) is 0 Å². The molecule has 0 bridgehead atoms. The summed E-state index contributed by atoms with van der Waals surface area (Å²) < 4.78 is 18.7. The number of rotatable bonds is 6. The third-order valence-electron chi connectivity index (χ3n) is 4.87. The fraction of sp³-hybridized carbons (Fsp3) is 0.273. The van der Waals surface area contributed by atoms with E-state index in [0.717, 1.165) is 37.3 Å². The van der Waals surface area contributed by atoms with Crippen molar-refractivity contribution < 1.29 is 18.7 Å². The van der Waals surface area contributed by atoms with Gasteiger partial charge in [0.15, 0.2) is 5.01 Å². The molecular formula is C22H21FN4O3S. The van der Waals surface area contributed by atoms with Gasteiger partial charge in [-0.05, 0) is 67.8 Å². The van der Waals surface area contributed by atoms with E-state index in [1.807, 2.05) is 4.90 Å². The minimum atomic E-state index is -0.420. The zero-order valence-electron chi connectivity index (χ0n) is 16.7. The Bertz CT molecular complexity index is 1050. The van der Waals surface area contributed by atoms with E-state index in [9.17, 15) is 14.0 Å². The van der Waals surface area contributed by atoms with Gasteiger partial charge in [0.1, 0.15) is 18.2 Å². The van der Waals surface area contributed by atoms with Crippen molar-refractivity contribution in [3.05, 3.63) is 69.9 Å². The van der Waals surface area contributed by atoms with Gasteiger partial charge in [0.2, 0.25) is 5.01 Å². The van der Waals surface area contributed by atoms with Crippen LogP contribution in [0.25, 0.3) is 0 Å². The molecule has 1 aliphatic heterocycles. The van der Waals surface area contributed by atoms with Gasteiger partial charge in [-0.15, -0.1) is 10.2 Å². The van der Waals surface area contributed by atoms with Crippen molar-refractivity contribution >= 4 is 28.8 Å². The van der Waals surface area contributed by atoms with E-state index in [1.54, 1.807) is 24.3 Å². The Morgan fingerprint density at radius 3 is 2.42 bits per heavy atom. The number of hydrogen-bond acceptors (Lipinski definition) is 6. The lowest BCUT2D eigenvalue weighted by Crippen LogP contribution is -2.35. The molecule has 0 radical (unpaired) electrons. The van der Waals surface area contributed by atoms with E-state index in [2.05, 4.69) is 15.5 Å². The maximum atomic E-state index is 13.0. The van der Waals surface area contributed by atoms with Gasteiger partial charge in [-0.3, -0.25) is 9.59 Å². The molecule has 160 valence electrons. The second kappa shape index (κ2) is 9.65. The highest BCUT2D eigenvalue weighted by Crippen LogP contribution is 2.19. The van der Waals surface area contributed by atoms with Crippen LogP contribution in [0.1, 0.15) is 44.4 Å². The first-order valence-corrected chi connectivity index (χ1v) is 10.8. The highest BCUT2D eigenvalue weighted by molar-refractivity contribution is 7.13. The Balaban J connectivity index is 1.30. The van der Waals surface area contributed by atoms with E-state index in [0.29, 0.717) is 22.0 Å².